The van der Waals surface area contributed by atoms with Crippen LogP contribution in [-0.2, 0) is 14.8 Å². The molecule has 0 aliphatic carbocycles. The number of fused-ring (bicyclic) bond motifs is 1. The summed E-state index contributed by atoms with van der Waals surface area (Å²) < 4.78 is 35.8. The van der Waals surface area contributed by atoms with Crippen LogP contribution in [0.2, 0.25) is 5.02 Å². The van der Waals surface area contributed by atoms with Crippen LogP contribution in [0.5, 0.6) is 0 Å². The monoisotopic (exact) mass is 450 g/mol. The van der Waals surface area contributed by atoms with E-state index in [9.17, 15) is 13.2 Å². The molecule has 1 aliphatic rings. The molecule has 7 nitrogen and oxygen atoms in total. The molecule has 29 heavy (non-hydrogen) atoms. The van der Waals surface area contributed by atoms with Gasteiger partial charge in [-0.3, -0.25) is 4.79 Å². The number of nitrogens with one attached hydrogen (secondary N) is 1. The molecule has 0 saturated carbocycles. The topological polar surface area (TPSA) is 92.3 Å². The molecule has 4 rings (SSSR count). The largest absolute Gasteiger partial charge is 0.326 e. The molecule has 1 aromatic heterocycles. The highest BCUT2D eigenvalue weighted by Gasteiger charge is 2.33. The van der Waals surface area contributed by atoms with Crippen LogP contribution in [0, 0.1) is 12.8 Å². The smallest absolute Gasteiger partial charge is 0.245 e. The molecule has 152 valence electrons. The summed E-state index contributed by atoms with van der Waals surface area (Å²) in [5.41, 5.74) is 2.55. The van der Waals surface area contributed by atoms with Crippen molar-refractivity contribution in [3.05, 3.63) is 47.0 Å². The van der Waals surface area contributed by atoms with Crippen LogP contribution >= 0.6 is 23.3 Å². The minimum absolute atomic E-state index is 0.118. The van der Waals surface area contributed by atoms with Gasteiger partial charge in [-0.15, -0.1) is 0 Å². The summed E-state index contributed by atoms with van der Waals surface area (Å²) >= 11 is 7.10. The number of nitrogens with zero attached hydrogens (tertiary/aromatic N) is 3. The lowest BCUT2D eigenvalue weighted by molar-refractivity contribution is -0.120. The van der Waals surface area contributed by atoms with Gasteiger partial charge in [0.15, 0.2) is 0 Å². The average molecular weight is 451 g/mol. The van der Waals surface area contributed by atoms with Crippen molar-refractivity contribution in [1.82, 2.24) is 13.1 Å². The standard InChI is InChI=1S/C19H19ClN4O3S2/c1-12-5-6-14(11-15(12)20)21-19(25)13-7-9-24(10-8-13)29(26,27)17-4-2-3-16-18(17)23-28-22-16/h2-6,11,13H,7-10H2,1H3,(H,21,25). The van der Waals surface area contributed by atoms with Crippen LogP contribution in [0.1, 0.15) is 18.4 Å². The van der Waals surface area contributed by atoms with Gasteiger partial charge >= 0.3 is 0 Å². The summed E-state index contributed by atoms with van der Waals surface area (Å²) in [6.07, 6.45) is 0.909. The Kier molecular flexibility index (Phi) is 5.56. The predicted molar refractivity (Wildman–Crippen MR) is 114 cm³/mol. The van der Waals surface area contributed by atoms with Crippen LogP contribution in [0.15, 0.2) is 41.3 Å². The number of sulfonamides is 1. The number of aromatic nitrogens is 2. The maximum absolute atomic E-state index is 13.1. The van der Waals surface area contributed by atoms with Crippen molar-refractivity contribution in [1.29, 1.82) is 0 Å². The van der Waals surface area contributed by atoms with Gasteiger partial charge in [-0.25, -0.2) is 8.42 Å². The maximum atomic E-state index is 13.1. The van der Waals surface area contributed by atoms with E-state index >= 15 is 0 Å². The summed E-state index contributed by atoms with van der Waals surface area (Å²) in [6, 6.07) is 10.3. The van der Waals surface area contributed by atoms with Gasteiger partial charge in [0.25, 0.3) is 0 Å². The van der Waals surface area contributed by atoms with E-state index in [1.807, 2.05) is 13.0 Å². The first-order valence-corrected chi connectivity index (χ1v) is 11.7. The fourth-order valence-electron chi connectivity index (χ4n) is 3.40. The Hall–Kier alpha value is -2.07. The molecule has 0 bridgehead atoms. The number of carbonyl (C=O) groups is 1. The quantitative estimate of drug-likeness (QED) is 0.654. The predicted octanol–water partition coefficient (Wildman–Crippen LogP) is 3.69. The fourth-order valence-corrected chi connectivity index (χ4v) is 5.80. The third-order valence-electron chi connectivity index (χ3n) is 5.13. The Morgan fingerprint density at radius 2 is 1.97 bits per heavy atom. The van der Waals surface area contributed by atoms with Gasteiger partial charge in [-0.05, 0) is 49.6 Å². The van der Waals surface area contributed by atoms with E-state index in [1.54, 1.807) is 30.3 Å². The van der Waals surface area contributed by atoms with Crippen LogP contribution in [0.25, 0.3) is 11.0 Å². The molecule has 1 aliphatic heterocycles. The number of halogens is 1. The fraction of sp³-hybridized carbons (Fsp3) is 0.316. The minimum atomic E-state index is -3.69. The molecule has 1 fully saturated rings. The van der Waals surface area contributed by atoms with Crippen molar-refractivity contribution in [2.45, 2.75) is 24.7 Å². The number of aryl methyl sites for hydroxylation is 1. The lowest BCUT2D eigenvalue weighted by atomic mass is 9.97. The number of anilines is 1. The van der Waals surface area contributed by atoms with Crippen molar-refractivity contribution in [3.8, 4) is 0 Å². The van der Waals surface area contributed by atoms with Crippen LogP contribution in [0.3, 0.4) is 0 Å². The lowest BCUT2D eigenvalue weighted by Crippen LogP contribution is -2.41. The van der Waals surface area contributed by atoms with Gasteiger partial charge in [-0.2, -0.15) is 13.1 Å². The number of benzene rings is 2. The molecule has 10 heteroatoms. The van der Waals surface area contributed by atoms with Gasteiger partial charge in [0.1, 0.15) is 15.9 Å². The SMILES string of the molecule is Cc1ccc(NC(=O)C2CCN(S(=O)(=O)c3cccc4nsnc34)CC2)cc1Cl. The first-order chi connectivity index (χ1) is 13.9. The third-order valence-corrected chi connectivity index (χ3v) is 8.01. The van der Waals surface area contributed by atoms with E-state index in [4.69, 9.17) is 11.6 Å². The molecule has 2 aromatic carbocycles. The zero-order valence-corrected chi connectivity index (χ0v) is 18.0. The minimum Gasteiger partial charge on any atom is -0.326 e. The molecule has 0 spiro atoms. The van der Waals surface area contributed by atoms with Gasteiger partial charge < -0.3 is 5.32 Å². The Labute approximate surface area is 178 Å². The van der Waals surface area contributed by atoms with E-state index in [0.717, 1.165) is 17.3 Å². The Balaban J connectivity index is 1.44. The summed E-state index contributed by atoms with van der Waals surface area (Å²) in [7, 11) is -3.69. The van der Waals surface area contributed by atoms with E-state index < -0.39 is 10.0 Å². The first-order valence-electron chi connectivity index (χ1n) is 9.15. The molecule has 1 amide bonds. The number of hydrogen-bond acceptors (Lipinski definition) is 6. The Morgan fingerprint density at radius 3 is 2.69 bits per heavy atom. The molecule has 3 aromatic rings. The summed E-state index contributed by atoms with van der Waals surface area (Å²) in [5, 5.41) is 3.47. The molecular weight excluding hydrogens is 432 g/mol. The molecule has 1 N–H and O–H groups in total. The highest BCUT2D eigenvalue weighted by molar-refractivity contribution is 7.89. The van der Waals surface area contributed by atoms with Gasteiger partial charge in [0.2, 0.25) is 15.9 Å². The Morgan fingerprint density at radius 1 is 1.21 bits per heavy atom. The zero-order valence-electron chi connectivity index (χ0n) is 15.6. The number of rotatable bonds is 4. The van der Waals surface area contributed by atoms with Crippen LogP contribution in [-0.4, -0.2) is 40.5 Å². The van der Waals surface area contributed by atoms with E-state index in [-0.39, 0.29) is 29.8 Å². The molecule has 0 unspecified atom stereocenters. The number of amides is 1. The number of carbonyl (C=O) groups excluding carboxylic acids is 1. The van der Waals surface area contributed by atoms with Crippen molar-refractivity contribution < 1.29 is 13.2 Å². The van der Waals surface area contributed by atoms with Crippen molar-refractivity contribution >= 4 is 56.0 Å². The molecule has 0 atom stereocenters. The summed E-state index contributed by atoms with van der Waals surface area (Å²) in [5.74, 6) is -0.369. The molecule has 2 heterocycles. The zero-order chi connectivity index (χ0) is 20.6. The number of hydrogen-bond donors (Lipinski definition) is 1. The van der Waals surface area contributed by atoms with Gasteiger partial charge in [0, 0.05) is 29.7 Å². The van der Waals surface area contributed by atoms with E-state index in [2.05, 4.69) is 14.1 Å². The van der Waals surface area contributed by atoms with E-state index in [1.165, 1.54) is 4.31 Å². The van der Waals surface area contributed by atoms with Gasteiger partial charge in [0.05, 0.1) is 11.7 Å². The molecular formula is C19H19ClN4O3S2. The second kappa shape index (κ2) is 7.98. The first kappa shape index (κ1) is 20.2. The molecule has 0 radical (unpaired) electrons. The summed E-state index contributed by atoms with van der Waals surface area (Å²) in [4.78, 5) is 12.8. The van der Waals surface area contributed by atoms with Crippen molar-refractivity contribution in [2.24, 2.45) is 5.92 Å². The van der Waals surface area contributed by atoms with Crippen LogP contribution < -0.4 is 5.32 Å². The summed E-state index contributed by atoms with van der Waals surface area (Å²) in [6.45, 7) is 2.46. The highest BCUT2D eigenvalue weighted by atomic mass is 35.5. The van der Waals surface area contributed by atoms with Gasteiger partial charge in [-0.1, -0.05) is 23.7 Å². The highest BCUT2D eigenvalue weighted by Crippen LogP contribution is 2.29. The van der Waals surface area contributed by atoms with Crippen molar-refractivity contribution in [3.63, 3.8) is 0 Å². The van der Waals surface area contributed by atoms with E-state index in [0.29, 0.717) is 34.6 Å². The normalized spacial score (nSPS) is 16.2. The molecule has 1 saturated heterocycles. The van der Waals surface area contributed by atoms with Crippen molar-refractivity contribution in [2.75, 3.05) is 18.4 Å². The second-order valence-electron chi connectivity index (χ2n) is 7.02. The maximum Gasteiger partial charge on any atom is 0.245 e. The number of piperidine rings is 1. The average Bonchev–Trinajstić information content (AvgIpc) is 3.19. The lowest BCUT2D eigenvalue weighted by Gasteiger charge is -2.30. The second-order valence-corrected chi connectivity index (χ2v) is 9.86. The van der Waals surface area contributed by atoms with Crippen LogP contribution in [0.4, 0.5) is 5.69 Å². The third kappa shape index (κ3) is 4.00. The Bertz CT molecular complexity index is 1170.